The molecule has 41 heavy (non-hydrogen) atoms. The van der Waals surface area contributed by atoms with Gasteiger partial charge in [0.05, 0.1) is 23.4 Å². The number of nitrogens with zero attached hydrogens (tertiary/aromatic N) is 2. The van der Waals surface area contributed by atoms with E-state index in [0.29, 0.717) is 29.2 Å². The molecule has 0 spiro atoms. The van der Waals surface area contributed by atoms with Gasteiger partial charge in [-0.05, 0) is 35.1 Å². The number of pyridine rings is 1. The molecule has 0 bridgehead atoms. The van der Waals surface area contributed by atoms with Gasteiger partial charge < -0.3 is 9.72 Å². The summed E-state index contributed by atoms with van der Waals surface area (Å²) in [6, 6.07) is 31.1. The fourth-order valence-corrected chi connectivity index (χ4v) is 7.22. The van der Waals surface area contributed by atoms with Crippen LogP contribution in [0.2, 0.25) is 0 Å². The van der Waals surface area contributed by atoms with Gasteiger partial charge in [0.25, 0.3) is 5.56 Å². The zero-order valence-corrected chi connectivity index (χ0v) is 23.3. The molecule has 0 saturated carbocycles. The minimum atomic E-state index is -0.752. The second-order valence-corrected chi connectivity index (χ2v) is 11.3. The van der Waals surface area contributed by atoms with Crippen molar-refractivity contribution in [2.75, 3.05) is 6.61 Å². The van der Waals surface area contributed by atoms with E-state index in [2.05, 4.69) is 41.4 Å². The van der Waals surface area contributed by atoms with Crippen LogP contribution >= 0.6 is 11.3 Å². The summed E-state index contributed by atoms with van der Waals surface area (Å²) < 4.78 is 8.88. The van der Waals surface area contributed by atoms with E-state index in [4.69, 9.17) is 9.84 Å². The van der Waals surface area contributed by atoms with Crippen LogP contribution in [0.15, 0.2) is 108 Å². The third kappa shape index (κ3) is 3.96. The molecule has 7 rings (SSSR count). The lowest BCUT2D eigenvalue weighted by Crippen LogP contribution is -2.38. The predicted molar refractivity (Wildman–Crippen MR) is 162 cm³/mol. The van der Waals surface area contributed by atoms with Crippen molar-refractivity contribution < 1.29 is 9.53 Å². The van der Waals surface area contributed by atoms with Gasteiger partial charge >= 0.3 is 0 Å². The zero-order chi connectivity index (χ0) is 28.0. The van der Waals surface area contributed by atoms with E-state index in [-0.39, 0.29) is 11.3 Å². The molecule has 0 amide bonds. The van der Waals surface area contributed by atoms with Crippen molar-refractivity contribution >= 4 is 27.2 Å². The van der Waals surface area contributed by atoms with Gasteiger partial charge in [-0.25, -0.2) is 0 Å². The maximum atomic E-state index is 13.2. The predicted octanol–water partition coefficient (Wildman–Crippen LogP) is 6.82. The molecule has 0 saturated heterocycles. The summed E-state index contributed by atoms with van der Waals surface area (Å²) >= 11 is 1.39. The highest BCUT2D eigenvalue weighted by atomic mass is 32.1. The van der Waals surface area contributed by atoms with Crippen molar-refractivity contribution in [3.05, 3.63) is 142 Å². The van der Waals surface area contributed by atoms with Crippen LogP contribution in [0, 0.1) is 0 Å². The van der Waals surface area contributed by atoms with Crippen LogP contribution in [0.25, 0.3) is 20.5 Å². The number of ketones is 1. The van der Waals surface area contributed by atoms with Gasteiger partial charge in [-0.3, -0.25) is 14.3 Å². The molecule has 0 fully saturated rings. The molecule has 202 valence electrons. The number of carbonyl (C=O) groups is 1. The summed E-state index contributed by atoms with van der Waals surface area (Å²) in [5.41, 5.74) is 4.29. The SMILES string of the molecule is CC(=O)c1[nH]c(=O)c2sc(-c3cnn(C(c4ccccc4)(c4ccccc4)c4ccccc4)c3)c3c2c1CCCO3. The Balaban J connectivity index is 1.50. The molecule has 0 unspecified atom stereocenters. The lowest BCUT2D eigenvalue weighted by molar-refractivity contribution is 0.101. The smallest absolute Gasteiger partial charge is 0.266 e. The Morgan fingerprint density at radius 3 is 2.07 bits per heavy atom. The first-order valence-corrected chi connectivity index (χ1v) is 14.5. The first kappa shape index (κ1) is 25.2. The highest BCUT2D eigenvalue weighted by molar-refractivity contribution is 7.22. The molecular formula is C34H27N3O3S. The molecule has 1 N–H and O–H groups in total. The number of Topliss-reactive ketones (excluding diaryl/α,β-unsaturated/α-hetero) is 1. The zero-order valence-electron chi connectivity index (χ0n) is 22.5. The normalized spacial score (nSPS) is 13.1. The van der Waals surface area contributed by atoms with E-state index in [1.807, 2.05) is 71.7 Å². The Morgan fingerprint density at radius 2 is 1.51 bits per heavy atom. The summed E-state index contributed by atoms with van der Waals surface area (Å²) in [6.07, 6.45) is 5.32. The molecule has 6 aromatic rings. The molecule has 0 atom stereocenters. The number of carbonyl (C=O) groups excluding carboxylic acids is 1. The van der Waals surface area contributed by atoms with E-state index >= 15 is 0 Å². The molecule has 1 aliphatic heterocycles. The number of benzene rings is 3. The molecule has 3 aromatic carbocycles. The summed E-state index contributed by atoms with van der Waals surface area (Å²) in [5.74, 6) is 0.515. The highest BCUT2D eigenvalue weighted by Crippen LogP contribution is 2.48. The molecular weight excluding hydrogens is 530 g/mol. The average Bonchev–Trinajstić information content (AvgIpc) is 3.58. The Bertz CT molecular complexity index is 1840. The van der Waals surface area contributed by atoms with Crippen molar-refractivity contribution in [3.63, 3.8) is 0 Å². The number of nitrogens with one attached hydrogen (secondary N) is 1. The summed E-state index contributed by atoms with van der Waals surface area (Å²) in [6.45, 7) is 2.00. The maximum absolute atomic E-state index is 13.2. The molecule has 0 aliphatic carbocycles. The van der Waals surface area contributed by atoms with E-state index < -0.39 is 5.54 Å². The lowest BCUT2D eigenvalue weighted by atomic mass is 9.77. The molecule has 3 aromatic heterocycles. The van der Waals surface area contributed by atoms with Gasteiger partial charge in [-0.2, -0.15) is 5.10 Å². The second kappa shape index (κ2) is 10.0. The van der Waals surface area contributed by atoms with Crippen LogP contribution in [0.4, 0.5) is 0 Å². The minimum absolute atomic E-state index is 0.147. The Labute approximate surface area is 240 Å². The molecule has 6 nitrogen and oxygen atoms in total. The first-order chi connectivity index (χ1) is 20.1. The van der Waals surface area contributed by atoms with Gasteiger partial charge in [0.15, 0.2) is 5.78 Å². The maximum Gasteiger partial charge on any atom is 0.266 e. The number of hydrogen-bond acceptors (Lipinski definition) is 5. The Kier molecular flexibility index (Phi) is 6.16. The summed E-state index contributed by atoms with van der Waals surface area (Å²) in [4.78, 5) is 29.3. The third-order valence-electron chi connectivity index (χ3n) is 7.85. The van der Waals surface area contributed by atoms with Crippen molar-refractivity contribution in [2.24, 2.45) is 0 Å². The van der Waals surface area contributed by atoms with Crippen LogP contribution in [0.1, 0.15) is 46.1 Å². The number of aromatic amines is 1. The van der Waals surface area contributed by atoms with Gasteiger partial charge in [0, 0.05) is 24.1 Å². The van der Waals surface area contributed by atoms with Crippen LogP contribution in [-0.4, -0.2) is 27.2 Å². The number of ether oxygens (including phenoxy) is 1. The largest absolute Gasteiger partial charge is 0.491 e. The number of aromatic nitrogens is 3. The van der Waals surface area contributed by atoms with Crippen LogP contribution in [0.3, 0.4) is 0 Å². The number of aryl methyl sites for hydroxylation is 1. The summed E-state index contributed by atoms with van der Waals surface area (Å²) in [7, 11) is 0. The van der Waals surface area contributed by atoms with Crippen molar-refractivity contribution in [1.82, 2.24) is 14.8 Å². The van der Waals surface area contributed by atoms with Gasteiger partial charge in [-0.15, -0.1) is 11.3 Å². The number of thiophene rings is 1. The molecule has 7 heteroatoms. The van der Waals surface area contributed by atoms with Gasteiger partial charge in [-0.1, -0.05) is 91.0 Å². The Morgan fingerprint density at radius 1 is 0.927 bits per heavy atom. The van der Waals surface area contributed by atoms with Crippen LogP contribution < -0.4 is 10.3 Å². The van der Waals surface area contributed by atoms with Gasteiger partial charge in [0.1, 0.15) is 16.0 Å². The van der Waals surface area contributed by atoms with Crippen molar-refractivity contribution in [1.29, 1.82) is 0 Å². The quantitative estimate of drug-likeness (QED) is 0.180. The number of hydrogen-bond donors (Lipinski definition) is 1. The topological polar surface area (TPSA) is 77.0 Å². The fraction of sp³-hybridized carbons (Fsp3) is 0.147. The molecule has 4 heterocycles. The lowest BCUT2D eigenvalue weighted by Gasteiger charge is -2.36. The van der Waals surface area contributed by atoms with E-state index in [1.165, 1.54) is 18.3 Å². The second-order valence-electron chi connectivity index (χ2n) is 10.3. The van der Waals surface area contributed by atoms with E-state index in [9.17, 15) is 9.59 Å². The Hall–Kier alpha value is -4.75. The highest BCUT2D eigenvalue weighted by Gasteiger charge is 2.39. The third-order valence-corrected chi connectivity index (χ3v) is 9.06. The minimum Gasteiger partial charge on any atom is -0.491 e. The van der Waals surface area contributed by atoms with Crippen molar-refractivity contribution in [3.8, 4) is 16.2 Å². The van der Waals surface area contributed by atoms with Gasteiger partial charge in [0.2, 0.25) is 0 Å². The average molecular weight is 558 g/mol. The number of H-pyrrole nitrogens is 1. The first-order valence-electron chi connectivity index (χ1n) is 13.7. The molecule has 0 radical (unpaired) electrons. The van der Waals surface area contributed by atoms with Crippen LogP contribution in [-0.2, 0) is 12.0 Å². The summed E-state index contributed by atoms with van der Waals surface area (Å²) in [5, 5.41) is 5.75. The fourth-order valence-electron chi connectivity index (χ4n) is 6.08. The van der Waals surface area contributed by atoms with Crippen LogP contribution in [0.5, 0.6) is 5.75 Å². The van der Waals surface area contributed by atoms with Crippen molar-refractivity contribution in [2.45, 2.75) is 25.3 Å². The van der Waals surface area contributed by atoms with E-state index in [1.54, 1.807) is 0 Å². The monoisotopic (exact) mass is 557 g/mol. The molecule has 1 aliphatic rings. The standard InChI is InChI=1S/C34H27N3O3S/c1-22(38)29-27-18-11-19-40-30-28(27)32(33(39)36-29)41-31(30)23-20-35-37(21-23)34(24-12-5-2-6-13-24,25-14-7-3-8-15-25)26-16-9-4-10-17-26/h2-10,12-17,20-21H,11,18-19H2,1H3,(H,36,39). The van der Waals surface area contributed by atoms with E-state index in [0.717, 1.165) is 44.5 Å². The number of rotatable bonds is 6.